The van der Waals surface area contributed by atoms with E-state index < -0.39 is 11.7 Å². The van der Waals surface area contributed by atoms with E-state index in [1.54, 1.807) is 0 Å². The highest BCUT2D eigenvalue weighted by atomic mass is 19.1. The zero-order valence-corrected chi connectivity index (χ0v) is 13.5. The summed E-state index contributed by atoms with van der Waals surface area (Å²) in [7, 11) is 0. The van der Waals surface area contributed by atoms with E-state index in [0.29, 0.717) is 12.6 Å². The van der Waals surface area contributed by atoms with Gasteiger partial charge < -0.3 is 10.6 Å². The minimum absolute atomic E-state index is 0.106. The monoisotopic (exact) mass is 321 g/mol. The van der Waals surface area contributed by atoms with Crippen LogP contribution in [-0.4, -0.2) is 48.9 Å². The van der Waals surface area contributed by atoms with Gasteiger partial charge in [-0.2, -0.15) is 0 Å². The standard InChI is InChI=1S/C17H24FN3O2/c1-13-5-2-3-9-21(13)10-8-19-16(22)12-20-17(23)14-6-4-7-15(18)11-14/h4,6-7,11,13H,2-3,5,8-10,12H2,1H3,(H,19,22)(H,20,23). The summed E-state index contributed by atoms with van der Waals surface area (Å²) >= 11 is 0. The molecule has 0 spiro atoms. The number of piperidine rings is 1. The first-order chi connectivity index (χ1) is 11.1. The Morgan fingerprint density at radius 1 is 1.30 bits per heavy atom. The van der Waals surface area contributed by atoms with Crippen molar-refractivity contribution < 1.29 is 14.0 Å². The van der Waals surface area contributed by atoms with Gasteiger partial charge in [0.25, 0.3) is 5.91 Å². The SMILES string of the molecule is CC1CCCCN1CCNC(=O)CNC(=O)c1cccc(F)c1. The molecule has 6 heteroatoms. The van der Waals surface area contributed by atoms with Crippen LogP contribution in [0.2, 0.25) is 0 Å². The first-order valence-electron chi connectivity index (χ1n) is 8.11. The van der Waals surface area contributed by atoms with Crippen molar-refractivity contribution >= 4 is 11.8 Å². The van der Waals surface area contributed by atoms with Crippen molar-refractivity contribution in [2.24, 2.45) is 0 Å². The lowest BCUT2D eigenvalue weighted by Crippen LogP contribution is -2.44. The van der Waals surface area contributed by atoms with E-state index in [4.69, 9.17) is 0 Å². The Balaban J connectivity index is 1.66. The summed E-state index contributed by atoms with van der Waals surface area (Å²) in [5, 5.41) is 5.29. The van der Waals surface area contributed by atoms with Crippen molar-refractivity contribution in [1.29, 1.82) is 0 Å². The summed E-state index contributed by atoms with van der Waals surface area (Å²) in [6, 6.07) is 5.95. The Morgan fingerprint density at radius 3 is 2.87 bits per heavy atom. The largest absolute Gasteiger partial charge is 0.353 e. The van der Waals surface area contributed by atoms with Crippen molar-refractivity contribution in [2.75, 3.05) is 26.2 Å². The number of carbonyl (C=O) groups excluding carboxylic acids is 2. The number of hydrogen-bond acceptors (Lipinski definition) is 3. The molecule has 0 aromatic heterocycles. The Morgan fingerprint density at radius 2 is 2.13 bits per heavy atom. The van der Waals surface area contributed by atoms with E-state index in [1.165, 1.54) is 37.5 Å². The fourth-order valence-electron chi connectivity index (χ4n) is 2.78. The average molecular weight is 321 g/mol. The molecule has 1 saturated heterocycles. The topological polar surface area (TPSA) is 61.4 Å². The van der Waals surface area contributed by atoms with Crippen LogP contribution in [-0.2, 0) is 4.79 Å². The molecule has 1 heterocycles. The van der Waals surface area contributed by atoms with Crippen LogP contribution >= 0.6 is 0 Å². The van der Waals surface area contributed by atoms with Crippen LogP contribution in [0.4, 0.5) is 4.39 Å². The maximum atomic E-state index is 13.0. The summed E-state index contributed by atoms with van der Waals surface area (Å²) in [6.07, 6.45) is 3.69. The van der Waals surface area contributed by atoms with E-state index in [0.717, 1.165) is 19.2 Å². The first kappa shape index (κ1) is 17.4. The third kappa shape index (κ3) is 5.63. The highest BCUT2D eigenvalue weighted by Gasteiger charge is 2.17. The molecule has 1 aliphatic heterocycles. The van der Waals surface area contributed by atoms with E-state index in [-0.39, 0.29) is 18.0 Å². The van der Waals surface area contributed by atoms with Crippen LogP contribution in [0.1, 0.15) is 36.5 Å². The van der Waals surface area contributed by atoms with Crippen LogP contribution in [0.25, 0.3) is 0 Å². The van der Waals surface area contributed by atoms with Crippen LogP contribution in [0.3, 0.4) is 0 Å². The van der Waals surface area contributed by atoms with Gasteiger partial charge in [-0.25, -0.2) is 4.39 Å². The van der Waals surface area contributed by atoms with Gasteiger partial charge >= 0.3 is 0 Å². The highest BCUT2D eigenvalue weighted by molar-refractivity contribution is 5.96. The molecule has 1 aliphatic rings. The van der Waals surface area contributed by atoms with Gasteiger partial charge in [-0.1, -0.05) is 12.5 Å². The van der Waals surface area contributed by atoms with Gasteiger partial charge in [0.1, 0.15) is 5.82 Å². The van der Waals surface area contributed by atoms with Crippen molar-refractivity contribution in [3.63, 3.8) is 0 Å². The van der Waals surface area contributed by atoms with Gasteiger partial charge in [0, 0.05) is 24.7 Å². The lowest BCUT2D eigenvalue weighted by atomic mass is 10.0. The fourth-order valence-corrected chi connectivity index (χ4v) is 2.78. The summed E-state index contributed by atoms with van der Waals surface area (Å²) in [5.41, 5.74) is 0.208. The summed E-state index contributed by atoms with van der Waals surface area (Å²) in [4.78, 5) is 25.9. The van der Waals surface area contributed by atoms with E-state index in [9.17, 15) is 14.0 Å². The predicted molar refractivity (Wildman–Crippen MR) is 86.6 cm³/mol. The third-order valence-corrected chi connectivity index (χ3v) is 4.16. The van der Waals surface area contributed by atoms with Gasteiger partial charge in [0.05, 0.1) is 6.54 Å². The molecule has 0 aliphatic carbocycles. The molecule has 2 rings (SSSR count). The second-order valence-electron chi connectivity index (χ2n) is 5.92. The van der Waals surface area contributed by atoms with Crippen molar-refractivity contribution in [3.05, 3.63) is 35.6 Å². The van der Waals surface area contributed by atoms with E-state index >= 15 is 0 Å². The maximum absolute atomic E-state index is 13.0. The number of likely N-dealkylation sites (tertiary alicyclic amines) is 1. The molecule has 23 heavy (non-hydrogen) atoms. The van der Waals surface area contributed by atoms with Crippen molar-refractivity contribution in [3.8, 4) is 0 Å². The molecule has 0 bridgehead atoms. The number of nitrogens with one attached hydrogen (secondary N) is 2. The number of halogens is 1. The second kappa shape index (κ2) is 8.62. The van der Waals surface area contributed by atoms with E-state index in [2.05, 4.69) is 22.5 Å². The first-order valence-corrected chi connectivity index (χ1v) is 8.11. The minimum atomic E-state index is -0.474. The number of carbonyl (C=O) groups is 2. The second-order valence-corrected chi connectivity index (χ2v) is 5.92. The molecule has 0 radical (unpaired) electrons. The molecular formula is C17H24FN3O2. The summed E-state index contributed by atoms with van der Waals surface area (Å²) < 4.78 is 13.0. The molecule has 126 valence electrons. The molecular weight excluding hydrogens is 297 g/mol. The van der Waals surface area contributed by atoms with Crippen molar-refractivity contribution in [1.82, 2.24) is 15.5 Å². The predicted octanol–water partition coefficient (Wildman–Crippen LogP) is 1.55. The smallest absolute Gasteiger partial charge is 0.251 e. The molecule has 1 aromatic rings. The Bertz CT molecular complexity index is 550. The zero-order chi connectivity index (χ0) is 16.7. The summed E-state index contributed by atoms with van der Waals surface area (Å²) in [6.45, 7) is 4.57. The maximum Gasteiger partial charge on any atom is 0.251 e. The van der Waals surface area contributed by atoms with E-state index in [1.807, 2.05) is 0 Å². The molecule has 2 amide bonds. The summed E-state index contributed by atoms with van der Waals surface area (Å²) in [5.74, 6) is -1.17. The highest BCUT2D eigenvalue weighted by Crippen LogP contribution is 2.15. The molecule has 1 unspecified atom stereocenters. The number of amides is 2. The van der Waals surface area contributed by atoms with Gasteiger partial charge in [0.2, 0.25) is 5.91 Å². The lowest BCUT2D eigenvalue weighted by Gasteiger charge is -2.33. The molecule has 0 saturated carbocycles. The average Bonchev–Trinajstić information content (AvgIpc) is 2.54. The van der Waals surface area contributed by atoms with Crippen LogP contribution in [0, 0.1) is 5.82 Å². The van der Waals surface area contributed by atoms with Crippen LogP contribution in [0.5, 0.6) is 0 Å². The Labute approximate surface area is 136 Å². The van der Waals surface area contributed by atoms with Crippen molar-refractivity contribution in [2.45, 2.75) is 32.2 Å². The Kier molecular flexibility index (Phi) is 6.52. The third-order valence-electron chi connectivity index (χ3n) is 4.16. The van der Waals surface area contributed by atoms with Crippen LogP contribution in [0.15, 0.2) is 24.3 Å². The van der Waals surface area contributed by atoms with Crippen LogP contribution < -0.4 is 10.6 Å². The quantitative estimate of drug-likeness (QED) is 0.836. The van der Waals surface area contributed by atoms with Gasteiger partial charge in [-0.05, 0) is 44.5 Å². The van der Waals surface area contributed by atoms with Gasteiger partial charge in [-0.15, -0.1) is 0 Å². The van der Waals surface area contributed by atoms with Gasteiger partial charge in [-0.3, -0.25) is 14.5 Å². The number of rotatable bonds is 6. The zero-order valence-electron chi connectivity index (χ0n) is 13.5. The molecule has 2 N–H and O–H groups in total. The number of nitrogens with zero attached hydrogens (tertiary/aromatic N) is 1. The number of hydrogen-bond donors (Lipinski definition) is 2. The number of benzene rings is 1. The fraction of sp³-hybridized carbons (Fsp3) is 0.529. The normalized spacial score (nSPS) is 18.4. The molecule has 1 atom stereocenters. The Hall–Kier alpha value is -1.95. The lowest BCUT2D eigenvalue weighted by molar-refractivity contribution is -0.120. The van der Waals surface area contributed by atoms with Gasteiger partial charge in [0.15, 0.2) is 0 Å². The molecule has 5 nitrogen and oxygen atoms in total. The molecule has 1 fully saturated rings. The molecule has 1 aromatic carbocycles. The minimum Gasteiger partial charge on any atom is -0.353 e.